The van der Waals surface area contributed by atoms with Gasteiger partial charge in [-0.3, -0.25) is 0 Å². The zero-order chi connectivity index (χ0) is 15.0. The Morgan fingerprint density at radius 3 is 2.33 bits per heavy atom. The molecule has 0 aliphatic carbocycles. The smallest absolute Gasteiger partial charge is 0.336 e. The Morgan fingerprint density at radius 2 is 1.71 bits per heavy atom. The minimum absolute atomic E-state index is 0.173. The molecule has 4 heteroatoms. The number of rotatable bonds is 2. The largest absolute Gasteiger partial charge is 0.478 e. The van der Waals surface area contributed by atoms with E-state index in [1.165, 1.54) is 0 Å². The lowest BCUT2D eigenvalue weighted by Gasteiger charge is -2.37. The number of anilines is 1. The van der Waals surface area contributed by atoms with Crippen LogP contribution in [-0.2, 0) is 4.74 Å². The Morgan fingerprint density at radius 1 is 1.10 bits per heavy atom. The van der Waals surface area contributed by atoms with Gasteiger partial charge in [-0.05, 0) is 31.4 Å². The molecule has 1 heterocycles. The molecule has 2 atom stereocenters. The summed E-state index contributed by atoms with van der Waals surface area (Å²) in [6.07, 6.45) is 0.346. The number of hydrogen-bond donors (Lipinski definition) is 1. The maximum absolute atomic E-state index is 11.4. The summed E-state index contributed by atoms with van der Waals surface area (Å²) in [6, 6.07) is 11.3. The molecule has 0 spiro atoms. The summed E-state index contributed by atoms with van der Waals surface area (Å²) in [5.74, 6) is -0.888. The van der Waals surface area contributed by atoms with E-state index in [-0.39, 0.29) is 12.2 Å². The summed E-state index contributed by atoms with van der Waals surface area (Å²) < 4.78 is 5.78. The van der Waals surface area contributed by atoms with Crippen LogP contribution in [0.25, 0.3) is 10.8 Å². The summed E-state index contributed by atoms with van der Waals surface area (Å²) in [6.45, 7) is 5.77. The zero-order valence-corrected chi connectivity index (χ0v) is 12.2. The Balaban J connectivity index is 2.11. The van der Waals surface area contributed by atoms with Gasteiger partial charge in [0, 0.05) is 24.2 Å². The summed E-state index contributed by atoms with van der Waals surface area (Å²) in [7, 11) is 0. The van der Waals surface area contributed by atoms with Gasteiger partial charge in [0.25, 0.3) is 0 Å². The van der Waals surface area contributed by atoms with Crippen molar-refractivity contribution in [1.82, 2.24) is 0 Å². The van der Waals surface area contributed by atoms with Gasteiger partial charge < -0.3 is 14.7 Å². The maximum Gasteiger partial charge on any atom is 0.336 e. The first-order valence-corrected chi connectivity index (χ1v) is 7.21. The van der Waals surface area contributed by atoms with Crippen LogP contribution in [-0.4, -0.2) is 36.4 Å². The molecule has 0 aromatic heterocycles. The highest BCUT2D eigenvalue weighted by Gasteiger charge is 2.24. The molecule has 0 unspecified atom stereocenters. The minimum Gasteiger partial charge on any atom is -0.478 e. The second-order valence-electron chi connectivity index (χ2n) is 5.65. The number of fused-ring (bicyclic) bond motifs is 1. The van der Waals surface area contributed by atoms with Crippen molar-refractivity contribution in [3.05, 3.63) is 42.0 Å². The van der Waals surface area contributed by atoms with E-state index in [1.54, 1.807) is 6.07 Å². The van der Waals surface area contributed by atoms with Gasteiger partial charge in [-0.15, -0.1) is 0 Å². The lowest BCUT2D eigenvalue weighted by atomic mass is 10.0. The lowest BCUT2D eigenvalue weighted by molar-refractivity contribution is -0.00513. The molecular weight excluding hydrogens is 266 g/mol. The Bertz CT molecular complexity index is 673. The fraction of sp³-hybridized carbons (Fsp3) is 0.353. The maximum atomic E-state index is 11.4. The van der Waals surface area contributed by atoms with Crippen LogP contribution in [0, 0.1) is 0 Å². The Kier molecular flexibility index (Phi) is 3.55. The average molecular weight is 285 g/mol. The monoisotopic (exact) mass is 285 g/mol. The third-order valence-corrected chi connectivity index (χ3v) is 3.89. The van der Waals surface area contributed by atoms with Crippen molar-refractivity contribution in [3.8, 4) is 0 Å². The predicted octanol–water partition coefficient (Wildman–Crippen LogP) is 3.15. The molecule has 0 radical (unpaired) electrons. The number of carboxylic acids is 1. The van der Waals surface area contributed by atoms with Gasteiger partial charge in [0.2, 0.25) is 0 Å². The fourth-order valence-electron chi connectivity index (χ4n) is 3.12. The van der Waals surface area contributed by atoms with Crippen molar-refractivity contribution in [2.45, 2.75) is 26.1 Å². The second kappa shape index (κ2) is 5.37. The number of ether oxygens (including phenoxy) is 1. The first kappa shape index (κ1) is 13.9. The molecule has 1 aliphatic rings. The Labute approximate surface area is 123 Å². The minimum atomic E-state index is -0.888. The topological polar surface area (TPSA) is 49.8 Å². The molecule has 2 aromatic rings. The number of morpholine rings is 1. The molecule has 1 aliphatic heterocycles. The van der Waals surface area contributed by atoms with Crippen molar-refractivity contribution in [2.75, 3.05) is 18.0 Å². The molecule has 0 amide bonds. The summed E-state index contributed by atoms with van der Waals surface area (Å²) in [4.78, 5) is 13.7. The van der Waals surface area contributed by atoms with Gasteiger partial charge in [-0.2, -0.15) is 0 Å². The van der Waals surface area contributed by atoms with Gasteiger partial charge in [-0.1, -0.05) is 24.3 Å². The standard InChI is InChI=1S/C17H19NO3/c1-11-9-18(10-12(2)21-11)16-8-7-15(17(19)20)13-5-3-4-6-14(13)16/h3-8,11-12H,9-10H2,1-2H3,(H,19,20)/t11-,12+. The number of benzene rings is 2. The van der Waals surface area contributed by atoms with Crippen LogP contribution in [0.2, 0.25) is 0 Å². The van der Waals surface area contributed by atoms with Crippen LogP contribution in [0.4, 0.5) is 5.69 Å². The molecule has 1 N–H and O–H groups in total. The Hall–Kier alpha value is -2.07. The van der Waals surface area contributed by atoms with E-state index in [1.807, 2.05) is 30.3 Å². The average Bonchev–Trinajstić information content (AvgIpc) is 2.44. The molecule has 4 nitrogen and oxygen atoms in total. The highest BCUT2D eigenvalue weighted by Crippen LogP contribution is 2.31. The molecule has 1 fully saturated rings. The van der Waals surface area contributed by atoms with Gasteiger partial charge in [-0.25, -0.2) is 4.79 Å². The van der Waals surface area contributed by atoms with E-state index in [0.29, 0.717) is 5.56 Å². The van der Waals surface area contributed by atoms with Crippen LogP contribution in [0.5, 0.6) is 0 Å². The van der Waals surface area contributed by atoms with E-state index in [4.69, 9.17) is 4.74 Å². The molecule has 0 saturated carbocycles. The molecule has 21 heavy (non-hydrogen) atoms. The molecule has 3 rings (SSSR count). The molecule has 0 bridgehead atoms. The van der Waals surface area contributed by atoms with Crippen molar-refractivity contribution in [2.24, 2.45) is 0 Å². The number of carbonyl (C=O) groups is 1. The van der Waals surface area contributed by atoms with Gasteiger partial charge >= 0.3 is 5.97 Å². The highest BCUT2D eigenvalue weighted by molar-refractivity contribution is 6.07. The lowest BCUT2D eigenvalue weighted by Crippen LogP contribution is -2.45. The first-order chi connectivity index (χ1) is 10.1. The van der Waals surface area contributed by atoms with E-state index in [2.05, 4.69) is 18.7 Å². The first-order valence-electron chi connectivity index (χ1n) is 7.21. The van der Waals surface area contributed by atoms with Crippen LogP contribution in [0.1, 0.15) is 24.2 Å². The van der Waals surface area contributed by atoms with Crippen molar-refractivity contribution < 1.29 is 14.6 Å². The molecule has 2 aromatic carbocycles. The van der Waals surface area contributed by atoms with Crippen LogP contribution in [0.15, 0.2) is 36.4 Å². The second-order valence-corrected chi connectivity index (χ2v) is 5.65. The predicted molar refractivity (Wildman–Crippen MR) is 83.1 cm³/mol. The van der Waals surface area contributed by atoms with Crippen molar-refractivity contribution in [1.29, 1.82) is 0 Å². The summed E-state index contributed by atoms with van der Waals surface area (Å²) >= 11 is 0. The fourth-order valence-corrected chi connectivity index (χ4v) is 3.12. The van der Waals surface area contributed by atoms with E-state index >= 15 is 0 Å². The van der Waals surface area contributed by atoms with E-state index in [9.17, 15) is 9.90 Å². The van der Waals surface area contributed by atoms with Gasteiger partial charge in [0.1, 0.15) is 0 Å². The molecular formula is C17H19NO3. The van der Waals surface area contributed by atoms with Gasteiger partial charge in [0.15, 0.2) is 0 Å². The third-order valence-electron chi connectivity index (χ3n) is 3.89. The molecule has 1 saturated heterocycles. The summed E-state index contributed by atoms with van der Waals surface area (Å²) in [5.41, 5.74) is 1.43. The highest BCUT2D eigenvalue weighted by atomic mass is 16.5. The van der Waals surface area contributed by atoms with Gasteiger partial charge in [0.05, 0.1) is 17.8 Å². The van der Waals surface area contributed by atoms with E-state index < -0.39 is 5.97 Å². The number of carboxylic acid groups (broad SMARTS) is 1. The summed E-state index contributed by atoms with van der Waals surface area (Å²) in [5, 5.41) is 11.1. The number of nitrogens with zero attached hydrogens (tertiary/aromatic N) is 1. The quantitative estimate of drug-likeness (QED) is 0.921. The van der Waals surface area contributed by atoms with Crippen molar-refractivity contribution >= 4 is 22.4 Å². The number of hydrogen-bond acceptors (Lipinski definition) is 3. The zero-order valence-electron chi connectivity index (χ0n) is 12.2. The third kappa shape index (κ3) is 2.59. The number of aromatic carboxylic acids is 1. The van der Waals surface area contributed by atoms with Crippen molar-refractivity contribution in [3.63, 3.8) is 0 Å². The van der Waals surface area contributed by atoms with Crippen LogP contribution < -0.4 is 4.90 Å². The van der Waals surface area contributed by atoms with Crippen LogP contribution >= 0.6 is 0 Å². The SMILES string of the molecule is C[C@@H]1CN(c2ccc(C(=O)O)c3ccccc23)C[C@H](C)O1. The normalized spacial score (nSPS) is 22.5. The van der Waals surface area contributed by atoms with E-state index in [0.717, 1.165) is 29.5 Å². The van der Waals surface area contributed by atoms with Crippen LogP contribution in [0.3, 0.4) is 0 Å². The molecule has 110 valence electrons.